The highest BCUT2D eigenvalue weighted by Crippen LogP contribution is 2.32. The van der Waals surface area contributed by atoms with Crippen molar-refractivity contribution in [1.82, 2.24) is 0 Å². The number of hydrogen-bond acceptors (Lipinski definition) is 2. The van der Waals surface area contributed by atoms with E-state index in [0.717, 1.165) is 0 Å². The summed E-state index contributed by atoms with van der Waals surface area (Å²) in [7, 11) is 0. The van der Waals surface area contributed by atoms with Gasteiger partial charge in [0.15, 0.2) is 5.78 Å². The summed E-state index contributed by atoms with van der Waals surface area (Å²) in [6.45, 7) is 2.78. The summed E-state index contributed by atoms with van der Waals surface area (Å²) < 4.78 is 36.5. The third kappa shape index (κ3) is 3.06. The van der Waals surface area contributed by atoms with Crippen LogP contribution in [0.25, 0.3) is 0 Å². The molecule has 1 rings (SSSR count). The number of rotatable bonds is 2. The van der Waals surface area contributed by atoms with E-state index < -0.39 is 29.6 Å². The van der Waals surface area contributed by atoms with Crippen molar-refractivity contribution in [3.8, 4) is 0 Å². The van der Waals surface area contributed by atoms with Gasteiger partial charge in [-0.15, -0.1) is 0 Å². The van der Waals surface area contributed by atoms with Gasteiger partial charge in [0.2, 0.25) is 0 Å². The summed E-state index contributed by atoms with van der Waals surface area (Å²) >= 11 is 0. The Balaban J connectivity index is 2.58. The van der Waals surface area contributed by atoms with E-state index in [0.29, 0.717) is 25.7 Å². The molecule has 15 heavy (non-hydrogen) atoms. The molecule has 0 bridgehead atoms. The Kier molecular flexibility index (Phi) is 3.54. The molecule has 5 heteroatoms. The summed E-state index contributed by atoms with van der Waals surface area (Å²) in [6.07, 6.45) is -3.70. The smallest absolute Gasteiger partial charge is 0.393 e. The lowest BCUT2D eigenvalue weighted by molar-refractivity contribution is -0.133. The highest BCUT2D eigenvalue weighted by Gasteiger charge is 2.40. The summed E-state index contributed by atoms with van der Waals surface area (Å²) in [5.41, 5.74) is -1.27. The van der Waals surface area contributed by atoms with Crippen LogP contribution in [-0.2, 0) is 4.79 Å². The maximum atomic E-state index is 12.2. The van der Waals surface area contributed by atoms with Crippen LogP contribution in [0.1, 0.15) is 25.7 Å². The lowest BCUT2D eigenvalue weighted by Gasteiger charge is -2.25. The molecular weight excluding hydrogens is 209 g/mol. The van der Waals surface area contributed by atoms with Gasteiger partial charge in [0.05, 0.1) is 11.7 Å². The third-order valence-electron chi connectivity index (χ3n) is 2.71. The van der Waals surface area contributed by atoms with Crippen molar-refractivity contribution in [1.29, 1.82) is 0 Å². The molecule has 0 spiro atoms. The van der Waals surface area contributed by atoms with Gasteiger partial charge >= 0.3 is 6.18 Å². The van der Waals surface area contributed by atoms with E-state index in [4.69, 9.17) is 5.11 Å². The molecule has 0 aliphatic heterocycles. The van der Waals surface area contributed by atoms with E-state index in [1.54, 1.807) is 0 Å². The Morgan fingerprint density at radius 3 is 2.07 bits per heavy atom. The average molecular weight is 222 g/mol. The molecule has 0 heterocycles. The molecule has 1 fully saturated rings. The lowest BCUT2D eigenvalue weighted by atomic mass is 9.82. The van der Waals surface area contributed by atoms with Gasteiger partial charge in [0.1, 0.15) is 0 Å². The molecule has 0 saturated heterocycles. The number of allylic oxidation sites excluding steroid dienone is 1. The SMILES string of the molecule is C=C(C(=O)C1CCC(O)CC1)C(F)(F)F. The molecule has 1 aliphatic carbocycles. The lowest BCUT2D eigenvalue weighted by Crippen LogP contribution is -2.29. The summed E-state index contributed by atoms with van der Waals surface area (Å²) in [5, 5.41) is 9.15. The quantitative estimate of drug-likeness (QED) is 0.727. The molecule has 2 nitrogen and oxygen atoms in total. The van der Waals surface area contributed by atoms with Gasteiger partial charge in [-0.05, 0) is 25.7 Å². The fourth-order valence-corrected chi connectivity index (χ4v) is 1.72. The van der Waals surface area contributed by atoms with E-state index >= 15 is 0 Å². The second-order valence-corrected chi connectivity index (χ2v) is 3.85. The largest absolute Gasteiger partial charge is 0.419 e. The van der Waals surface area contributed by atoms with Crippen LogP contribution in [0.5, 0.6) is 0 Å². The Hall–Kier alpha value is -0.840. The standard InChI is InChI=1S/C10H13F3O2/c1-6(10(11,12)13)9(15)7-2-4-8(14)5-3-7/h7-8,14H,1-5H2. The Morgan fingerprint density at radius 1 is 1.20 bits per heavy atom. The predicted molar refractivity (Wildman–Crippen MR) is 48.2 cm³/mol. The molecule has 0 amide bonds. The number of hydrogen-bond donors (Lipinski definition) is 1. The monoisotopic (exact) mass is 222 g/mol. The first-order chi connectivity index (χ1) is 6.82. The van der Waals surface area contributed by atoms with Crippen LogP contribution in [0.15, 0.2) is 12.2 Å². The Bertz CT molecular complexity index is 262. The first kappa shape index (κ1) is 12.2. The molecular formula is C10H13F3O2. The zero-order valence-electron chi connectivity index (χ0n) is 8.18. The van der Waals surface area contributed by atoms with Crippen LogP contribution in [0.3, 0.4) is 0 Å². The molecule has 0 aromatic heterocycles. The molecule has 0 unspecified atom stereocenters. The topological polar surface area (TPSA) is 37.3 Å². The minimum Gasteiger partial charge on any atom is -0.393 e. The van der Waals surface area contributed by atoms with Crippen LogP contribution in [0.4, 0.5) is 13.2 Å². The molecule has 86 valence electrons. The normalized spacial score (nSPS) is 27.5. The molecule has 0 aromatic carbocycles. The van der Waals surface area contributed by atoms with Gasteiger partial charge in [-0.2, -0.15) is 13.2 Å². The van der Waals surface area contributed by atoms with Crippen molar-refractivity contribution in [2.75, 3.05) is 0 Å². The summed E-state index contributed by atoms with van der Waals surface area (Å²) in [4.78, 5) is 11.4. The van der Waals surface area contributed by atoms with Crippen LogP contribution in [0, 0.1) is 5.92 Å². The molecule has 0 aromatic rings. The van der Waals surface area contributed by atoms with Crippen LogP contribution in [-0.4, -0.2) is 23.2 Å². The number of alkyl halides is 3. The van der Waals surface area contributed by atoms with Crippen molar-refractivity contribution >= 4 is 5.78 Å². The van der Waals surface area contributed by atoms with Gasteiger partial charge in [-0.25, -0.2) is 0 Å². The Labute approximate surface area is 85.8 Å². The second-order valence-electron chi connectivity index (χ2n) is 3.85. The maximum absolute atomic E-state index is 12.2. The number of carbonyl (C=O) groups is 1. The van der Waals surface area contributed by atoms with E-state index in [1.807, 2.05) is 0 Å². The number of carbonyl (C=O) groups excluding carboxylic acids is 1. The van der Waals surface area contributed by atoms with Crippen LogP contribution < -0.4 is 0 Å². The van der Waals surface area contributed by atoms with Crippen molar-refractivity contribution in [3.63, 3.8) is 0 Å². The van der Waals surface area contributed by atoms with Gasteiger partial charge in [0.25, 0.3) is 0 Å². The minimum atomic E-state index is -4.63. The van der Waals surface area contributed by atoms with Crippen molar-refractivity contribution < 1.29 is 23.1 Å². The highest BCUT2D eigenvalue weighted by molar-refractivity contribution is 5.97. The van der Waals surface area contributed by atoms with E-state index in [2.05, 4.69) is 6.58 Å². The molecule has 0 radical (unpaired) electrons. The maximum Gasteiger partial charge on any atom is 0.419 e. The number of aliphatic hydroxyl groups excluding tert-OH is 1. The minimum absolute atomic E-state index is 0.315. The van der Waals surface area contributed by atoms with Gasteiger partial charge in [-0.1, -0.05) is 6.58 Å². The zero-order valence-corrected chi connectivity index (χ0v) is 8.18. The second kappa shape index (κ2) is 4.35. The Morgan fingerprint density at radius 2 is 1.67 bits per heavy atom. The molecule has 1 saturated carbocycles. The van der Waals surface area contributed by atoms with Crippen LogP contribution >= 0.6 is 0 Å². The fourth-order valence-electron chi connectivity index (χ4n) is 1.72. The number of ketones is 1. The average Bonchev–Trinajstić information content (AvgIpc) is 2.15. The third-order valence-corrected chi connectivity index (χ3v) is 2.71. The number of aliphatic hydroxyl groups is 1. The molecule has 0 atom stereocenters. The first-order valence-electron chi connectivity index (χ1n) is 4.80. The molecule has 1 N–H and O–H groups in total. The van der Waals surface area contributed by atoms with Crippen molar-refractivity contribution in [3.05, 3.63) is 12.2 Å². The zero-order chi connectivity index (χ0) is 11.6. The molecule has 1 aliphatic rings. The number of halogens is 3. The van der Waals surface area contributed by atoms with E-state index in [-0.39, 0.29) is 0 Å². The van der Waals surface area contributed by atoms with Crippen molar-refractivity contribution in [2.45, 2.75) is 38.0 Å². The first-order valence-corrected chi connectivity index (χ1v) is 4.80. The number of Topliss-reactive ketones (excluding diaryl/α,β-unsaturated/α-hetero) is 1. The van der Waals surface area contributed by atoms with Gasteiger partial charge in [0, 0.05) is 5.92 Å². The van der Waals surface area contributed by atoms with Crippen molar-refractivity contribution in [2.24, 2.45) is 5.92 Å². The fraction of sp³-hybridized carbons (Fsp3) is 0.700. The van der Waals surface area contributed by atoms with Gasteiger partial charge in [-0.3, -0.25) is 4.79 Å². The van der Waals surface area contributed by atoms with Crippen LogP contribution in [0.2, 0.25) is 0 Å². The van der Waals surface area contributed by atoms with E-state index in [9.17, 15) is 18.0 Å². The summed E-state index contributed by atoms with van der Waals surface area (Å²) in [6, 6.07) is 0. The van der Waals surface area contributed by atoms with Gasteiger partial charge < -0.3 is 5.11 Å². The van der Waals surface area contributed by atoms with E-state index in [1.165, 1.54) is 0 Å². The predicted octanol–water partition coefficient (Wildman–Crippen LogP) is 2.23. The highest BCUT2D eigenvalue weighted by atomic mass is 19.4. The summed E-state index contributed by atoms with van der Waals surface area (Å²) in [5.74, 6) is -1.54.